The lowest BCUT2D eigenvalue weighted by Crippen LogP contribution is -2.40. The van der Waals surface area contributed by atoms with Crippen molar-refractivity contribution in [1.82, 2.24) is 5.32 Å². The summed E-state index contributed by atoms with van der Waals surface area (Å²) < 4.78 is 15.5. The standard InChI is InChI=1S/C8H16NO5P/c1-6(10)9-7(8(11)14-2)4-5-15(3,12)13/h7H,4-5H2,1-3H3,(H,9,10)(H,12,13)/t7-/m0/s1. The molecule has 15 heavy (non-hydrogen) atoms. The fourth-order valence-electron chi connectivity index (χ4n) is 1.01. The molecule has 0 fully saturated rings. The summed E-state index contributed by atoms with van der Waals surface area (Å²) in [6.45, 7) is 2.47. The second-order valence-electron chi connectivity index (χ2n) is 3.34. The summed E-state index contributed by atoms with van der Waals surface area (Å²) in [5.41, 5.74) is 0. The Morgan fingerprint density at radius 1 is 1.53 bits per heavy atom. The monoisotopic (exact) mass is 237 g/mol. The third kappa shape index (κ3) is 7.11. The van der Waals surface area contributed by atoms with E-state index in [0.29, 0.717) is 0 Å². The first-order valence-corrected chi connectivity index (χ1v) is 6.69. The van der Waals surface area contributed by atoms with Gasteiger partial charge in [0.05, 0.1) is 7.11 Å². The van der Waals surface area contributed by atoms with Gasteiger partial charge in [0.2, 0.25) is 5.91 Å². The summed E-state index contributed by atoms with van der Waals surface area (Å²) in [6.07, 6.45) is 0.0591. The van der Waals surface area contributed by atoms with Gasteiger partial charge in [-0.3, -0.25) is 9.36 Å². The summed E-state index contributed by atoms with van der Waals surface area (Å²) in [5, 5.41) is 2.36. The van der Waals surface area contributed by atoms with E-state index in [0.717, 1.165) is 0 Å². The van der Waals surface area contributed by atoms with Gasteiger partial charge < -0.3 is 14.9 Å². The molecule has 0 spiro atoms. The normalized spacial score (nSPS) is 16.3. The first-order chi connectivity index (χ1) is 6.76. The first kappa shape index (κ1) is 14.1. The van der Waals surface area contributed by atoms with E-state index in [4.69, 9.17) is 4.89 Å². The van der Waals surface area contributed by atoms with Gasteiger partial charge in [-0.2, -0.15) is 0 Å². The number of rotatable bonds is 5. The number of hydrogen-bond acceptors (Lipinski definition) is 4. The highest BCUT2D eigenvalue weighted by Crippen LogP contribution is 2.36. The molecule has 0 aliphatic carbocycles. The van der Waals surface area contributed by atoms with Crippen LogP contribution in [0.25, 0.3) is 0 Å². The zero-order valence-corrected chi connectivity index (χ0v) is 9.91. The van der Waals surface area contributed by atoms with Crippen LogP contribution in [0.2, 0.25) is 0 Å². The van der Waals surface area contributed by atoms with Crippen molar-refractivity contribution in [3.63, 3.8) is 0 Å². The van der Waals surface area contributed by atoms with Crippen LogP contribution in [0.5, 0.6) is 0 Å². The number of esters is 1. The molecule has 0 aromatic carbocycles. The minimum atomic E-state index is -3.17. The Labute approximate surface area is 88.5 Å². The van der Waals surface area contributed by atoms with Crippen LogP contribution in [0.4, 0.5) is 0 Å². The van der Waals surface area contributed by atoms with Crippen LogP contribution in [-0.2, 0) is 18.9 Å². The van der Waals surface area contributed by atoms with Crippen molar-refractivity contribution in [3.05, 3.63) is 0 Å². The van der Waals surface area contributed by atoms with Crippen LogP contribution in [-0.4, -0.2) is 42.7 Å². The molecule has 0 rings (SSSR count). The zero-order valence-electron chi connectivity index (χ0n) is 9.02. The van der Waals surface area contributed by atoms with Gasteiger partial charge in [0, 0.05) is 19.8 Å². The van der Waals surface area contributed by atoms with Crippen molar-refractivity contribution in [2.24, 2.45) is 0 Å². The lowest BCUT2D eigenvalue weighted by Gasteiger charge is -2.15. The lowest BCUT2D eigenvalue weighted by atomic mass is 10.2. The Morgan fingerprint density at radius 2 is 2.07 bits per heavy atom. The molecule has 0 aromatic rings. The van der Waals surface area contributed by atoms with Gasteiger partial charge >= 0.3 is 5.97 Å². The second-order valence-corrected chi connectivity index (χ2v) is 5.89. The highest BCUT2D eigenvalue weighted by molar-refractivity contribution is 7.57. The fraction of sp³-hybridized carbons (Fsp3) is 0.750. The van der Waals surface area contributed by atoms with Crippen LogP contribution >= 0.6 is 7.37 Å². The third-order valence-electron chi connectivity index (χ3n) is 1.70. The topological polar surface area (TPSA) is 92.7 Å². The average Bonchev–Trinajstić information content (AvgIpc) is 2.09. The highest BCUT2D eigenvalue weighted by Gasteiger charge is 2.22. The fourth-order valence-corrected chi connectivity index (χ4v) is 1.74. The SMILES string of the molecule is COC(=O)[C@H](CCP(C)(=O)O)NC(C)=O. The Hall–Kier alpha value is -0.870. The molecule has 0 saturated carbocycles. The zero-order chi connectivity index (χ0) is 12.1. The molecule has 2 atom stereocenters. The highest BCUT2D eigenvalue weighted by atomic mass is 31.2. The molecule has 0 radical (unpaired) electrons. The van der Waals surface area contributed by atoms with Crippen LogP contribution in [0.1, 0.15) is 13.3 Å². The van der Waals surface area contributed by atoms with Crippen LogP contribution < -0.4 is 5.32 Å². The van der Waals surface area contributed by atoms with E-state index in [1.807, 2.05) is 0 Å². The summed E-state index contributed by atoms with van der Waals surface area (Å²) in [5.74, 6) is -0.993. The Morgan fingerprint density at radius 3 is 2.40 bits per heavy atom. The number of carbonyl (C=O) groups excluding carboxylic acids is 2. The van der Waals surface area contributed by atoms with E-state index in [1.54, 1.807) is 0 Å². The molecule has 0 aliphatic rings. The molecular weight excluding hydrogens is 221 g/mol. The molecule has 7 heteroatoms. The number of nitrogens with one attached hydrogen (secondary N) is 1. The molecule has 6 nitrogen and oxygen atoms in total. The van der Waals surface area contributed by atoms with Gasteiger partial charge in [-0.25, -0.2) is 4.79 Å². The molecule has 1 amide bonds. The predicted octanol–water partition coefficient (Wildman–Crippen LogP) is -0.0456. The molecular formula is C8H16NO5P. The van der Waals surface area contributed by atoms with Crippen molar-refractivity contribution in [1.29, 1.82) is 0 Å². The van der Waals surface area contributed by atoms with E-state index in [-0.39, 0.29) is 18.5 Å². The minimum Gasteiger partial charge on any atom is -0.467 e. The number of ether oxygens (including phenoxy) is 1. The maximum Gasteiger partial charge on any atom is 0.328 e. The van der Waals surface area contributed by atoms with Crippen molar-refractivity contribution in [2.45, 2.75) is 19.4 Å². The van der Waals surface area contributed by atoms with Crippen molar-refractivity contribution in [2.75, 3.05) is 19.9 Å². The Bertz CT molecular complexity index is 285. The van der Waals surface area contributed by atoms with Gasteiger partial charge in [0.25, 0.3) is 0 Å². The predicted molar refractivity (Wildman–Crippen MR) is 54.9 cm³/mol. The average molecular weight is 237 g/mol. The van der Waals surface area contributed by atoms with Crippen molar-refractivity contribution < 1.29 is 23.8 Å². The summed E-state index contributed by atoms with van der Waals surface area (Å²) in [4.78, 5) is 31.0. The Balaban J connectivity index is 4.32. The molecule has 2 N–H and O–H groups in total. The van der Waals surface area contributed by atoms with Crippen molar-refractivity contribution >= 4 is 19.2 Å². The van der Waals surface area contributed by atoms with Crippen LogP contribution in [0.3, 0.4) is 0 Å². The summed E-state index contributed by atoms with van der Waals surface area (Å²) in [7, 11) is -1.98. The molecule has 0 heterocycles. The second kappa shape index (κ2) is 5.88. The first-order valence-electron chi connectivity index (χ1n) is 4.40. The molecule has 1 unspecified atom stereocenters. The number of methoxy groups -OCH3 is 1. The van der Waals surface area contributed by atoms with Gasteiger partial charge in [-0.05, 0) is 6.42 Å². The summed E-state index contributed by atoms with van der Waals surface area (Å²) >= 11 is 0. The maximum atomic E-state index is 11.2. The molecule has 0 aliphatic heterocycles. The number of amides is 1. The molecule has 0 aromatic heterocycles. The van der Waals surface area contributed by atoms with Gasteiger partial charge in [0.15, 0.2) is 7.37 Å². The minimum absolute atomic E-state index is 0.0347. The quantitative estimate of drug-likeness (QED) is 0.516. The van der Waals surface area contributed by atoms with Gasteiger partial charge in [0.1, 0.15) is 6.04 Å². The largest absolute Gasteiger partial charge is 0.467 e. The van der Waals surface area contributed by atoms with E-state index in [9.17, 15) is 14.2 Å². The van der Waals surface area contributed by atoms with E-state index >= 15 is 0 Å². The lowest BCUT2D eigenvalue weighted by molar-refractivity contribution is -0.144. The van der Waals surface area contributed by atoms with Gasteiger partial charge in [-0.15, -0.1) is 0 Å². The Kier molecular flexibility index (Phi) is 5.54. The molecule has 88 valence electrons. The summed E-state index contributed by atoms with van der Waals surface area (Å²) in [6, 6.07) is -0.854. The van der Waals surface area contributed by atoms with Crippen molar-refractivity contribution in [3.8, 4) is 0 Å². The maximum absolute atomic E-state index is 11.2. The van der Waals surface area contributed by atoms with E-state index in [1.165, 1.54) is 20.7 Å². The number of carbonyl (C=O) groups is 2. The van der Waals surface area contributed by atoms with Gasteiger partial charge in [-0.1, -0.05) is 0 Å². The van der Waals surface area contributed by atoms with E-state index in [2.05, 4.69) is 10.1 Å². The molecule has 0 bridgehead atoms. The third-order valence-corrected chi connectivity index (χ3v) is 2.78. The number of hydrogen-bond donors (Lipinski definition) is 2. The smallest absolute Gasteiger partial charge is 0.328 e. The molecule has 0 saturated heterocycles. The van der Waals surface area contributed by atoms with Crippen LogP contribution in [0.15, 0.2) is 0 Å². The van der Waals surface area contributed by atoms with E-state index < -0.39 is 19.4 Å². The van der Waals surface area contributed by atoms with Crippen LogP contribution in [0, 0.1) is 0 Å².